The molecule has 0 spiro atoms. The third-order valence-electron chi connectivity index (χ3n) is 3.12. The van der Waals surface area contributed by atoms with Crippen LogP contribution < -0.4 is 4.90 Å². The Labute approximate surface area is 106 Å². The van der Waals surface area contributed by atoms with Gasteiger partial charge in [0.2, 0.25) is 0 Å². The van der Waals surface area contributed by atoms with E-state index < -0.39 is 18.0 Å². The Morgan fingerprint density at radius 3 is 2.79 bits per heavy atom. The molecule has 1 aliphatic rings. The first-order chi connectivity index (χ1) is 8.95. The summed E-state index contributed by atoms with van der Waals surface area (Å²) in [6.45, 7) is 0.944. The summed E-state index contributed by atoms with van der Waals surface area (Å²) in [7, 11) is 0. The summed E-state index contributed by atoms with van der Waals surface area (Å²) >= 11 is 0. The van der Waals surface area contributed by atoms with Gasteiger partial charge >= 0.3 is 6.18 Å². The number of aromatic nitrogens is 3. The van der Waals surface area contributed by atoms with Gasteiger partial charge in [0, 0.05) is 31.5 Å². The van der Waals surface area contributed by atoms with Gasteiger partial charge in [-0.1, -0.05) is 0 Å². The lowest BCUT2D eigenvalue weighted by Gasteiger charge is -2.16. The van der Waals surface area contributed by atoms with Crippen molar-refractivity contribution in [1.29, 1.82) is 0 Å². The van der Waals surface area contributed by atoms with Crippen LogP contribution in [-0.2, 0) is 6.18 Å². The molecular weight excluding hydrogens is 261 g/mol. The number of anilines is 1. The Bertz CT molecular complexity index is 609. The highest BCUT2D eigenvalue weighted by atomic mass is 19.4. The molecule has 2 aromatic heterocycles. The summed E-state index contributed by atoms with van der Waals surface area (Å²) in [5.41, 5.74) is -0.648. The first-order valence-electron chi connectivity index (χ1n) is 5.80. The van der Waals surface area contributed by atoms with E-state index in [2.05, 4.69) is 10.1 Å². The van der Waals surface area contributed by atoms with Gasteiger partial charge in [-0.15, -0.1) is 0 Å². The maximum atomic E-state index is 12.6. The van der Waals surface area contributed by atoms with Crippen molar-refractivity contribution in [1.82, 2.24) is 14.6 Å². The highest BCUT2D eigenvalue weighted by Gasteiger charge is 2.35. The molecule has 0 unspecified atom stereocenters. The van der Waals surface area contributed by atoms with Crippen molar-refractivity contribution < 1.29 is 18.3 Å². The van der Waals surface area contributed by atoms with Gasteiger partial charge in [-0.3, -0.25) is 0 Å². The van der Waals surface area contributed by atoms with Crippen LogP contribution in [0.2, 0.25) is 0 Å². The van der Waals surface area contributed by atoms with Crippen LogP contribution in [0.15, 0.2) is 18.5 Å². The summed E-state index contributed by atoms with van der Waals surface area (Å²) in [6.07, 6.45) is -1.58. The lowest BCUT2D eigenvalue weighted by molar-refractivity contribution is -0.141. The Kier molecular flexibility index (Phi) is 2.63. The number of halogens is 3. The number of alkyl halides is 3. The van der Waals surface area contributed by atoms with Gasteiger partial charge in [0.05, 0.1) is 6.10 Å². The van der Waals surface area contributed by atoms with Crippen molar-refractivity contribution in [3.05, 3.63) is 24.2 Å². The lowest BCUT2D eigenvalue weighted by Crippen LogP contribution is -2.22. The Morgan fingerprint density at radius 1 is 1.37 bits per heavy atom. The molecule has 0 bridgehead atoms. The van der Waals surface area contributed by atoms with Crippen molar-refractivity contribution >= 4 is 11.3 Å². The van der Waals surface area contributed by atoms with E-state index in [0.29, 0.717) is 30.8 Å². The summed E-state index contributed by atoms with van der Waals surface area (Å²) < 4.78 is 39.1. The summed E-state index contributed by atoms with van der Waals surface area (Å²) in [5, 5.41) is 13.0. The quantitative estimate of drug-likeness (QED) is 0.850. The van der Waals surface area contributed by atoms with E-state index in [1.807, 2.05) is 0 Å². The van der Waals surface area contributed by atoms with Crippen molar-refractivity contribution in [2.75, 3.05) is 18.0 Å². The Hall–Kier alpha value is -1.83. The zero-order chi connectivity index (χ0) is 13.6. The predicted molar refractivity (Wildman–Crippen MR) is 60.8 cm³/mol. The number of hydrogen-bond acceptors (Lipinski definition) is 4. The second-order valence-electron chi connectivity index (χ2n) is 4.50. The molecule has 1 saturated heterocycles. The Morgan fingerprint density at radius 2 is 2.16 bits per heavy atom. The van der Waals surface area contributed by atoms with Gasteiger partial charge in [0.1, 0.15) is 5.52 Å². The van der Waals surface area contributed by atoms with Crippen LogP contribution in [0.1, 0.15) is 12.1 Å². The molecule has 102 valence electrons. The molecule has 5 nitrogen and oxygen atoms in total. The second kappa shape index (κ2) is 4.09. The minimum atomic E-state index is -4.48. The molecule has 0 aromatic carbocycles. The van der Waals surface area contributed by atoms with E-state index in [0.717, 1.165) is 10.6 Å². The fourth-order valence-electron chi connectivity index (χ4n) is 2.22. The van der Waals surface area contributed by atoms with Gasteiger partial charge in [0.15, 0.2) is 11.5 Å². The average Bonchev–Trinajstić information content (AvgIpc) is 2.93. The number of rotatable bonds is 1. The fourth-order valence-corrected chi connectivity index (χ4v) is 2.22. The molecule has 0 aliphatic carbocycles. The first-order valence-corrected chi connectivity index (χ1v) is 5.80. The van der Waals surface area contributed by atoms with Gasteiger partial charge in [-0.05, 0) is 6.42 Å². The minimum Gasteiger partial charge on any atom is -0.391 e. The minimum absolute atomic E-state index is 0.295. The third kappa shape index (κ3) is 2.12. The SMILES string of the molecule is O[C@H]1CCN(c2nccn3nc(C(F)(F)F)cc23)C1. The summed E-state index contributed by atoms with van der Waals surface area (Å²) in [5.74, 6) is 0.419. The number of nitrogens with zero attached hydrogens (tertiary/aromatic N) is 4. The predicted octanol–water partition coefficient (Wildman–Crippen LogP) is 1.32. The van der Waals surface area contributed by atoms with Crippen molar-refractivity contribution in [3.63, 3.8) is 0 Å². The molecule has 1 atom stereocenters. The van der Waals surface area contributed by atoms with Crippen LogP contribution in [0.3, 0.4) is 0 Å². The molecule has 8 heteroatoms. The van der Waals surface area contributed by atoms with Crippen LogP contribution in [0.5, 0.6) is 0 Å². The molecule has 1 fully saturated rings. The zero-order valence-electron chi connectivity index (χ0n) is 9.80. The number of β-amino-alcohol motifs (C(OH)–C–C–N with tert-alkyl or cyclic N) is 1. The van der Waals surface area contributed by atoms with Crippen LogP contribution in [0.25, 0.3) is 5.52 Å². The molecule has 1 N–H and O–H groups in total. The lowest BCUT2D eigenvalue weighted by atomic mass is 10.3. The molecular formula is C11H11F3N4O. The highest BCUT2D eigenvalue weighted by molar-refractivity contribution is 5.69. The van der Waals surface area contributed by atoms with Gasteiger partial charge in [-0.25, -0.2) is 9.50 Å². The van der Waals surface area contributed by atoms with E-state index in [1.54, 1.807) is 4.90 Å². The van der Waals surface area contributed by atoms with Gasteiger partial charge in [0.25, 0.3) is 0 Å². The fraction of sp³-hybridized carbons (Fsp3) is 0.455. The standard InChI is InChI=1S/C11H11F3N4O/c12-11(13,14)9-5-8-10(15-2-4-18(8)16-9)17-3-1-7(19)6-17/h2,4-5,7,19H,1,3,6H2/t7-/m0/s1. The maximum Gasteiger partial charge on any atom is 0.435 e. The molecule has 2 aromatic rings. The van der Waals surface area contributed by atoms with Crippen LogP contribution >= 0.6 is 0 Å². The monoisotopic (exact) mass is 272 g/mol. The molecule has 3 heterocycles. The average molecular weight is 272 g/mol. The summed E-state index contributed by atoms with van der Waals surface area (Å²) in [4.78, 5) is 5.87. The molecule has 0 amide bonds. The molecule has 3 rings (SSSR count). The molecule has 1 aliphatic heterocycles. The largest absolute Gasteiger partial charge is 0.435 e. The Balaban J connectivity index is 2.08. The van der Waals surface area contributed by atoms with Crippen LogP contribution in [0.4, 0.5) is 19.0 Å². The molecule has 0 saturated carbocycles. The zero-order valence-corrected chi connectivity index (χ0v) is 9.80. The smallest absolute Gasteiger partial charge is 0.391 e. The van der Waals surface area contributed by atoms with Gasteiger partial charge < -0.3 is 10.0 Å². The van der Waals surface area contributed by atoms with Crippen molar-refractivity contribution in [3.8, 4) is 0 Å². The van der Waals surface area contributed by atoms with Crippen LogP contribution in [0, 0.1) is 0 Å². The van der Waals surface area contributed by atoms with E-state index >= 15 is 0 Å². The maximum absolute atomic E-state index is 12.6. The second-order valence-corrected chi connectivity index (χ2v) is 4.50. The van der Waals surface area contributed by atoms with E-state index in [-0.39, 0.29) is 0 Å². The number of fused-ring (bicyclic) bond motifs is 1. The topological polar surface area (TPSA) is 53.7 Å². The van der Waals surface area contributed by atoms with Crippen molar-refractivity contribution in [2.45, 2.75) is 18.7 Å². The highest BCUT2D eigenvalue weighted by Crippen LogP contribution is 2.31. The summed E-state index contributed by atoms with van der Waals surface area (Å²) in [6, 6.07) is 0.979. The van der Waals surface area contributed by atoms with E-state index in [4.69, 9.17) is 0 Å². The number of aliphatic hydroxyl groups is 1. The molecule has 0 radical (unpaired) electrons. The number of aliphatic hydroxyl groups excluding tert-OH is 1. The van der Waals surface area contributed by atoms with E-state index in [9.17, 15) is 18.3 Å². The normalized spacial score (nSPS) is 20.4. The van der Waals surface area contributed by atoms with Crippen LogP contribution in [-0.4, -0.2) is 38.9 Å². The third-order valence-corrected chi connectivity index (χ3v) is 3.12. The molecule has 19 heavy (non-hydrogen) atoms. The van der Waals surface area contributed by atoms with Crippen molar-refractivity contribution in [2.24, 2.45) is 0 Å². The van der Waals surface area contributed by atoms with Gasteiger partial charge in [-0.2, -0.15) is 18.3 Å². The number of hydrogen-bond donors (Lipinski definition) is 1. The first kappa shape index (κ1) is 12.2. The van der Waals surface area contributed by atoms with E-state index in [1.165, 1.54) is 12.4 Å².